The number of carbonyl (C=O) groups excluding carboxylic acids is 2. The van der Waals surface area contributed by atoms with Crippen molar-refractivity contribution >= 4 is 34.1 Å². The van der Waals surface area contributed by atoms with E-state index in [1.807, 2.05) is 0 Å². The first-order chi connectivity index (χ1) is 16.9. The molecule has 1 atom stereocenters. The second-order valence-corrected chi connectivity index (χ2v) is 8.49. The molecule has 0 saturated heterocycles. The largest absolute Gasteiger partial charge is 1.00 e. The van der Waals surface area contributed by atoms with Crippen LogP contribution in [0.1, 0.15) is 32.6 Å². The van der Waals surface area contributed by atoms with E-state index in [-0.39, 0.29) is 90.2 Å². The zero-order valence-corrected chi connectivity index (χ0v) is 25.3. The van der Waals surface area contributed by atoms with Gasteiger partial charge in [-0.3, -0.25) is 9.79 Å². The number of aliphatic imine (C=N–C) groups is 1. The van der Waals surface area contributed by atoms with Crippen molar-refractivity contribution in [1.82, 2.24) is 5.32 Å². The summed E-state index contributed by atoms with van der Waals surface area (Å²) in [4.78, 5) is 27.3. The van der Waals surface area contributed by atoms with E-state index < -0.39 is 29.8 Å². The smallest absolute Gasteiger partial charge is 0.858 e. The van der Waals surface area contributed by atoms with Crippen LogP contribution in [0.3, 0.4) is 0 Å². The number of carbonyl (C=O) groups is 2. The van der Waals surface area contributed by atoms with Crippen LogP contribution in [-0.2, 0) is 29.3 Å². The Hall–Kier alpha value is -1.96. The van der Waals surface area contributed by atoms with Crippen LogP contribution in [0.25, 0.3) is 0 Å². The third-order valence-corrected chi connectivity index (χ3v) is 6.20. The molecule has 1 aromatic heterocycles. The van der Waals surface area contributed by atoms with Gasteiger partial charge < -0.3 is 35.1 Å². The van der Waals surface area contributed by atoms with Gasteiger partial charge in [0.2, 0.25) is 0 Å². The molecule has 9 nitrogen and oxygen atoms in total. The van der Waals surface area contributed by atoms with Crippen LogP contribution in [-0.4, -0.2) is 31.0 Å². The summed E-state index contributed by atoms with van der Waals surface area (Å²) in [6, 6.07) is 10.4. The molecule has 3 aromatic rings. The van der Waals surface area contributed by atoms with Crippen molar-refractivity contribution in [2.75, 3.05) is 12.4 Å². The summed E-state index contributed by atoms with van der Waals surface area (Å²) in [7, 11) is 1.35. The molecule has 2 N–H and O–H groups in total. The number of hydrogen-bond donors (Lipinski definition) is 2. The summed E-state index contributed by atoms with van der Waals surface area (Å²) in [5.41, 5.74) is 2.47. The third kappa shape index (κ3) is 7.78. The van der Waals surface area contributed by atoms with Crippen molar-refractivity contribution in [3.63, 3.8) is 0 Å². The van der Waals surface area contributed by atoms with E-state index in [2.05, 4.69) is 15.6 Å². The second-order valence-electron chi connectivity index (χ2n) is 7.61. The molecule has 0 aliphatic carbocycles. The van der Waals surface area contributed by atoms with Crippen molar-refractivity contribution in [1.29, 1.82) is 0 Å². The van der Waals surface area contributed by atoms with Gasteiger partial charge in [-0.05, 0) is 45.7 Å². The first-order valence-electron chi connectivity index (χ1n) is 10.5. The number of nitrogens with zero attached hydrogens (tertiary/aromatic N) is 1. The van der Waals surface area contributed by atoms with Gasteiger partial charge in [-0.2, -0.15) is 0 Å². The molecular formula is C24H20FN3Na2O6S. The first-order valence-corrected chi connectivity index (χ1v) is 11.3. The minimum absolute atomic E-state index is 0. The van der Waals surface area contributed by atoms with Gasteiger partial charge in [-0.15, -0.1) is 11.3 Å². The molecule has 1 aliphatic rings. The van der Waals surface area contributed by atoms with Gasteiger partial charge in [0.05, 0.1) is 31.3 Å². The predicted octanol–water partition coefficient (Wildman–Crippen LogP) is -4.84. The van der Waals surface area contributed by atoms with Crippen LogP contribution in [0.2, 0.25) is 0 Å². The number of anilines is 1. The van der Waals surface area contributed by atoms with Gasteiger partial charge in [0.1, 0.15) is 0 Å². The number of carboxylic acid groups (broad SMARTS) is 1. The van der Waals surface area contributed by atoms with Gasteiger partial charge in [0.15, 0.2) is 17.7 Å². The van der Waals surface area contributed by atoms with Crippen LogP contribution in [0.15, 0.2) is 52.8 Å². The van der Waals surface area contributed by atoms with E-state index in [1.165, 1.54) is 48.8 Å². The zero-order valence-electron chi connectivity index (χ0n) is 20.5. The Labute approximate surface area is 260 Å². The maximum Gasteiger partial charge on any atom is 1.00 e. The number of rotatable bonds is 9. The van der Waals surface area contributed by atoms with Crippen molar-refractivity contribution in [2.24, 2.45) is 4.99 Å². The fourth-order valence-electron chi connectivity index (χ4n) is 3.42. The van der Waals surface area contributed by atoms with Crippen LogP contribution < -0.4 is 84.7 Å². The maximum absolute atomic E-state index is 13.5. The average Bonchev–Trinajstić information content (AvgIpc) is 3.27. The van der Waals surface area contributed by atoms with Crippen LogP contribution in [0, 0.1) is 5.82 Å². The fraction of sp³-hybridized carbons (Fsp3) is 0.208. The van der Waals surface area contributed by atoms with E-state index in [0.717, 1.165) is 5.56 Å². The Bertz CT molecular complexity index is 1290. The second kappa shape index (κ2) is 14.3. The number of benzene rings is 2. The molecule has 1 aliphatic heterocycles. The van der Waals surface area contributed by atoms with E-state index >= 15 is 0 Å². The Morgan fingerprint density at radius 3 is 2.51 bits per heavy atom. The number of nitrogens with one attached hydrogen (secondary N) is 2. The Morgan fingerprint density at radius 1 is 1.14 bits per heavy atom. The van der Waals surface area contributed by atoms with Crippen LogP contribution >= 0.6 is 11.3 Å². The molecule has 0 spiro atoms. The van der Waals surface area contributed by atoms with E-state index in [1.54, 1.807) is 17.5 Å². The van der Waals surface area contributed by atoms with Gasteiger partial charge >= 0.3 is 59.1 Å². The van der Waals surface area contributed by atoms with Crippen LogP contribution in [0.4, 0.5) is 9.39 Å². The number of halogens is 1. The molecule has 37 heavy (non-hydrogen) atoms. The molecule has 2 aromatic carbocycles. The number of aromatic carboxylic acids is 1. The number of hydrogen-bond acceptors (Lipinski definition) is 9. The maximum atomic E-state index is 13.5. The standard InChI is InChI=1S/C24H22FN3O6S.2Na/c1-33-18-8-14(4-7-17(18)25)9-26-22(30)20-27-21(29)19-16(12-35-23(19)28-20)11-34-10-13-2-5-15(6-3-13)24(31)32;;/h2-8,12,20,28H,9-11H2,1H3,(H,26,30)(H,27,29)(H,31,32);;/q;2*+1/p-2. The van der Waals surface area contributed by atoms with E-state index in [0.29, 0.717) is 21.7 Å². The first kappa shape index (κ1) is 31.3. The number of methoxy groups -OCH3 is 1. The SMILES string of the molecule is COc1cc(CNC(=O)C2N=C([O-])c3c(COCc4ccc(C(=O)[O-])cc4)csc3N2)ccc1F.[Na+].[Na+]. The molecule has 0 bridgehead atoms. The monoisotopic (exact) mass is 543 g/mol. The fourth-order valence-corrected chi connectivity index (χ4v) is 4.38. The number of carboxylic acids is 1. The summed E-state index contributed by atoms with van der Waals surface area (Å²) >= 11 is 1.27. The molecule has 0 fully saturated rings. The Morgan fingerprint density at radius 2 is 1.84 bits per heavy atom. The molecule has 1 unspecified atom stereocenters. The summed E-state index contributed by atoms with van der Waals surface area (Å²) in [5.74, 6) is -2.71. The topological polar surface area (TPSA) is 135 Å². The van der Waals surface area contributed by atoms with Gasteiger partial charge in [0.25, 0.3) is 5.91 Å². The molecule has 182 valence electrons. The van der Waals surface area contributed by atoms with Crippen molar-refractivity contribution in [3.05, 3.63) is 81.5 Å². The molecule has 0 radical (unpaired) electrons. The molecule has 13 heteroatoms. The normalized spacial score (nSPS) is 13.7. The third-order valence-electron chi connectivity index (χ3n) is 5.24. The minimum atomic E-state index is -1.25. The Balaban J connectivity index is 0.00000241. The number of fused-ring (bicyclic) bond motifs is 1. The van der Waals surface area contributed by atoms with E-state index in [9.17, 15) is 24.2 Å². The predicted molar refractivity (Wildman–Crippen MR) is 122 cm³/mol. The molecule has 2 heterocycles. The number of amides is 1. The van der Waals surface area contributed by atoms with Crippen molar-refractivity contribution < 1.29 is 92.8 Å². The molecular weight excluding hydrogens is 523 g/mol. The van der Waals surface area contributed by atoms with Gasteiger partial charge in [0, 0.05) is 12.1 Å². The zero-order chi connectivity index (χ0) is 24.9. The summed E-state index contributed by atoms with van der Waals surface area (Å²) in [6.07, 6.45) is -1.09. The van der Waals surface area contributed by atoms with Crippen molar-refractivity contribution in [2.45, 2.75) is 25.9 Å². The Kier molecular flexibility index (Phi) is 12.1. The quantitative estimate of drug-likeness (QED) is 0.259. The van der Waals surface area contributed by atoms with Crippen LogP contribution in [0.5, 0.6) is 5.75 Å². The average molecular weight is 543 g/mol. The summed E-state index contributed by atoms with van der Waals surface area (Å²) in [6.45, 7) is 0.466. The van der Waals surface area contributed by atoms with Crippen molar-refractivity contribution in [3.8, 4) is 5.75 Å². The summed E-state index contributed by atoms with van der Waals surface area (Å²) in [5, 5.41) is 31.4. The molecule has 1 amide bonds. The molecule has 0 saturated carbocycles. The van der Waals surface area contributed by atoms with Gasteiger partial charge in [-0.25, -0.2) is 4.39 Å². The number of thiophene rings is 1. The molecule has 4 rings (SSSR count). The minimum Gasteiger partial charge on any atom is -0.858 e. The number of ether oxygens (including phenoxy) is 2. The van der Waals surface area contributed by atoms with E-state index in [4.69, 9.17) is 9.47 Å². The van der Waals surface area contributed by atoms with Gasteiger partial charge in [-0.1, -0.05) is 30.3 Å². The summed E-state index contributed by atoms with van der Waals surface area (Å²) < 4.78 is 24.2.